The van der Waals surface area contributed by atoms with Crippen molar-refractivity contribution in [1.82, 2.24) is 9.78 Å². The molecule has 0 atom stereocenters. The first-order chi connectivity index (χ1) is 12.0. The van der Waals surface area contributed by atoms with E-state index in [1.165, 1.54) is 10.2 Å². The SMILES string of the molecule is CC(C)c1cccc(NC(=O)Cc2nn(C)c(=O)c3ccccc23)c1. The molecule has 25 heavy (non-hydrogen) atoms. The fourth-order valence-electron chi connectivity index (χ4n) is 2.84. The van der Waals surface area contributed by atoms with Gasteiger partial charge in [-0.15, -0.1) is 0 Å². The number of fused-ring (bicyclic) bond motifs is 1. The lowest BCUT2D eigenvalue weighted by Crippen LogP contribution is -2.24. The average Bonchev–Trinajstić information content (AvgIpc) is 2.59. The second-order valence-corrected chi connectivity index (χ2v) is 6.43. The van der Waals surface area contributed by atoms with Crippen molar-refractivity contribution in [1.29, 1.82) is 0 Å². The Balaban J connectivity index is 1.87. The van der Waals surface area contributed by atoms with Crippen molar-refractivity contribution in [3.63, 3.8) is 0 Å². The molecule has 3 aromatic rings. The van der Waals surface area contributed by atoms with Crippen LogP contribution in [0.25, 0.3) is 10.8 Å². The van der Waals surface area contributed by atoms with E-state index in [9.17, 15) is 9.59 Å². The normalized spacial score (nSPS) is 11.0. The molecule has 1 aromatic heterocycles. The summed E-state index contributed by atoms with van der Waals surface area (Å²) < 4.78 is 1.28. The number of carbonyl (C=O) groups is 1. The molecule has 3 rings (SSSR count). The third kappa shape index (κ3) is 3.60. The van der Waals surface area contributed by atoms with E-state index in [1.54, 1.807) is 13.1 Å². The molecular weight excluding hydrogens is 314 g/mol. The van der Waals surface area contributed by atoms with Gasteiger partial charge in [0.15, 0.2) is 0 Å². The molecule has 1 amide bonds. The highest BCUT2D eigenvalue weighted by Crippen LogP contribution is 2.19. The van der Waals surface area contributed by atoms with Gasteiger partial charge in [0.2, 0.25) is 5.91 Å². The Morgan fingerprint density at radius 2 is 1.84 bits per heavy atom. The van der Waals surface area contributed by atoms with E-state index in [4.69, 9.17) is 0 Å². The van der Waals surface area contributed by atoms with Crippen molar-refractivity contribution in [3.8, 4) is 0 Å². The monoisotopic (exact) mass is 335 g/mol. The number of nitrogens with zero attached hydrogens (tertiary/aromatic N) is 2. The second kappa shape index (κ2) is 6.89. The zero-order valence-electron chi connectivity index (χ0n) is 14.6. The first-order valence-electron chi connectivity index (χ1n) is 8.30. The van der Waals surface area contributed by atoms with Gasteiger partial charge in [-0.05, 0) is 29.7 Å². The van der Waals surface area contributed by atoms with Crippen molar-refractivity contribution in [2.24, 2.45) is 7.05 Å². The summed E-state index contributed by atoms with van der Waals surface area (Å²) in [7, 11) is 1.60. The molecule has 1 heterocycles. The Bertz CT molecular complexity index is 990. The largest absolute Gasteiger partial charge is 0.326 e. The number of amides is 1. The number of aryl methyl sites for hydroxylation is 1. The molecule has 0 saturated carbocycles. The van der Waals surface area contributed by atoms with Crippen LogP contribution in [0.3, 0.4) is 0 Å². The molecule has 0 aliphatic carbocycles. The molecule has 0 fully saturated rings. The van der Waals surface area contributed by atoms with Crippen molar-refractivity contribution >= 4 is 22.4 Å². The molecule has 0 bridgehead atoms. The van der Waals surface area contributed by atoms with E-state index >= 15 is 0 Å². The molecule has 0 saturated heterocycles. The maximum absolute atomic E-state index is 12.5. The van der Waals surface area contributed by atoms with Crippen LogP contribution in [0.1, 0.15) is 31.0 Å². The number of anilines is 1. The van der Waals surface area contributed by atoms with E-state index in [2.05, 4.69) is 24.3 Å². The van der Waals surface area contributed by atoms with Gasteiger partial charge < -0.3 is 5.32 Å². The number of hydrogen-bond acceptors (Lipinski definition) is 3. The molecule has 0 spiro atoms. The van der Waals surface area contributed by atoms with Gasteiger partial charge in [-0.1, -0.05) is 44.2 Å². The summed E-state index contributed by atoms with van der Waals surface area (Å²) in [5, 5.41) is 8.48. The van der Waals surface area contributed by atoms with Crippen LogP contribution in [-0.4, -0.2) is 15.7 Å². The predicted molar refractivity (Wildman–Crippen MR) is 99.8 cm³/mol. The fourth-order valence-corrected chi connectivity index (χ4v) is 2.84. The van der Waals surface area contributed by atoms with Crippen LogP contribution in [0, 0.1) is 0 Å². The number of carbonyl (C=O) groups excluding carboxylic acids is 1. The summed E-state index contributed by atoms with van der Waals surface area (Å²) in [5.41, 5.74) is 2.37. The lowest BCUT2D eigenvalue weighted by molar-refractivity contribution is -0.115. The molecule has 0 unspecified atom stereocenters. The lowest BCUT2D eigenvalue weighted by Gasteiger charge is -2.11. The van der Waals surface area contributed by atoms with Gasteiger partial charge in [-0.2, -0.15) is 5.10 Å². The number of nitrogens with one attached hydrogen (secondary N) is 1. The third-order valence-electron chi connectivity index (χ3n) is 4.20. The van der Waals surface area contributed by atoms with Gasteiger partial charge in [0.1, 0.15) is 0 Å². The minimum absolute atomic E-state index is 0.112. The van der Waals surface area contributed by atoms with Gasteiger partial charge in [-0.3, -0.25) is 9.59 Å². The summed E-state index contributed by atoms with van der Waals surface area (Å²) in [5.74, 6) is 0.239. The van der Waals surface area contributed by atoms with Crippen LogP contribution in [0.2, 0.25) is 0 Å². The molecular formula is C20H21N3O2. The summed E-state index contributed by atoms with van der Waals surface area (Å²) in [6.45, 7) is 4.23. The number of benzene rings is 2. The Kier molecular flexibility index (Phi) is 4.65. The maximum atomic E-state index is 12.5. The van der Waals surface area contributed by atoms with Gasteiger partial charge in [-0.25, -0.2) is 4.68 Å². The average molecular weight is 335 g/mol. The Morgan fingerprint density at radius 1 is 1.12 bits per heavy atom. The highest BCUT2D eigenvalue weighted by atomic mass is 16.1. The van der Waals surface area contributed by atoms with E-state index in [0.717, 1.165) is 11.1 Å². The van der Waals surface area contributed by atoms with Crippen molar-refractivity contribution in [3.05, 3.63) is 70.1 Å². The third-order valence-corrected chi connectivity index (χ3v) is 4.20. The van der Waals surface area contributed by atoms with Crippen LogP contribution < -0.4 is 10.9 Å². The molecule has 0 radical (unpaired) electrons. The van der Waals surface area contributed by atoms with Crippen LogP contribution in [0.15, 0.2) is 53.3 Å². The first-order valence-corrected chi connectivity index (χ1v) is 8.30. The quantitative estimate of drug-likeness (QED) is 0.796. The highest BCUT2D eigenvalue weighted by Gasteiger charge is 2.12. The van der Waals surface area contributed by atoms with Crippen molar-refractivity contribution in [2.75, 3.05) is 5.32 Å². The van der Waals surface area contributed by atoms with E-state index in [0.29, 0.717) is 17.0 Å². The Hall–Kier alpha value is -2.95. The summed E-state index contributed by atoms with van der Waals surface area (Å²) >= 11 is 0. The molecule has 2 aromatic carbocycles. The summed E-state index contributed by atoms with van der Waals surface area (Å²) in [6.07, 6.45) is 0.112. The van der Waals surface area contributed by atoms with Crippen LogP contribution in [0.5, 0.6) is 0 Å². The lowest BCUT2D eigenvalue weighted by atomic mass is 10.0. The molecule has 0 aliphatic rings. The van der Waals surface area contributed by atoms with Gasteiger partial charge >= 0.3 is 0 Å². The van der Waals surface area contributed by atoms with Crippen molar-refractivity contribution in [2.45, 2.75) is 26.2 Å². The van der Waals surface area contributed by atoms with Crippen LogP contribution in [-0.2, 0) is 18.3 Å². The van der Waals surface area contributed by atoms with E-state index in [1.807, 2.05) is 42.5 Å². The number of aromatic nitrogens is 2. The van der Waals surface area contributed by atoms with E-state index in [-0.39, 0.29) is 17.9 Å². The summed E-state index contributed by atoms with van der Waals surface area (Å²) in [6, 6.07) is 15.1. The minimum Gasteiger partial charge on any atom is -0.326 e. The van der Waals surface area contributed by atoms with Crippen LogP contribution in [0.4, 0.5) is 5.69 Å². The van der Waals surface area contributed by atoms with E-state index < -0.39 is 0 Å². The smallest absolute Gasteiger partial charge is 0.274 e. The Morgan fingerprint density at radius 3 is 2.56 bits per heavy atom. The summed E-state index contributed by atoms with van der Waals surface area (Å²) in [4.78, 5) is 24.6. The standard InChI is InChI=1S/C20H21N3O2/c1-13(2)14-7-6-8-15(11-14)21-19(24)12-18-16-9-4-5-10-17(16)20(25)23(3)22-18/h4-11,13H,12H2,1-3H3,(H,21,24). The number of rotatable bonds is 4. The molecule has 0 aliphatic heterocycles. The highest BCUT2D eigenvalue weighted by molar-refractivity contribution is 5.95. The zero-order valence-corrected chi connectivity index (χ0v) is 14.6. The van der Waals surface area contributed by atoms with Gasteiger partial charge in [0, 0.05) is 18.1 Å². The topological polar surface area (TPSA) is 64.0 Å². The second-order valence-electron chi connectivity index (χ2n) is 6.43. The van der Waals surface area contributed by atoms with Gasteiger partial charge in [0.05, 0.1) is 17.5 Å². The zero-order chi connectivity index (χ0) is 18.0. The predicted octanol–water partition coefficient (Wildman–Crippen LogP) is 3.24. The molecule has 5 nitrogen and oxygen atoms in total. The van der Waals surface area contributed by atoms with Crippen LogP contribution >= 0.6 is 0 Å². The minimum atomic E-state index is -0.163. The maximum Gasteiger partial charge on any atom is 0.274 e. The number of hydrogen-bond donors (Lipinski definition) is 1. The van der Waals surface area contributed by atoms with Gasteiger partial charge in [0.25, 0.3) is 5.56 Å². The molecule has 5 heteroatoms. The first kappa shape index (κ1) is 16.9. The van der Waals surface area contributed by atoms with Crippen molar-refractivity contribution < 1.29 is 4.79 Å². The Labute approximate surface area is 146 Å². The molecule has 1 N–H and O–H groups in total. The fraction of sp³-hybridized carbons (Fsp3) is 0.250. The molecule has 128 valence electrons.